The first-order valence-electron chi connectivity index (χ1n) is 26.9. The molecule has 4 heterocycles. The Morgan fingerprint density at radius 1 is 0.526 bits per heavy atom. The van der Waals surface area contributed by atoms with Crippen molar-refractivity contribution in [2.24, 2.45) is 23.7 Å². The van der Waals surface area contributed by atoms with Crippen LogP contribution >= 0.6 is 0 Å². The third-order valence-corrected chi connectivity index (χ3v) is 16.8. The molecule has 25 nitrogen and oxygen atoms in total. The van der Waals surface area contributed by atoms with Crippen molar-refractivity contribution in [1.82, 2.24) is 0 Å². The molecule has 0 radical (unpaired) electrons. The van der Waals surface area contributed by atoms with Gasteiger partial charge in [-0.25, -0.2) is 9.59 Å². The number of esters is 2. The number of fused-ring (bicyclic) bond motifs is 1. The Labute approximate surface area is 439 Å². The molecule has 0 amide bonds. The fourth-order valence-corrected chi connectivity index (χ4v) is 12.2. The van der Waals surface area contributed by atoms with Crippen LogP contribution < -0.4 is 0 Å². The van der Waals surface area contributed by atoms with Crippen LogP contribution in [0.25, 0.3) is 0 Å². The van der Waals surface area contributed by atoms with Crippen molar-refractivity contribution in [3.8, 4) is 0 Å². The summed E-state index contributed by atoms with van der Waals surface area (Å²) in [5, 5.41) is 140. The van der Waals surface area contributed by atoms with Crippen LogP contribution in [0.15, 0.2) is 24.3 Å². The lowest BCUT2D eigenvalue weighted by atomic mass is 9.72. The molecule has 4 aliphatic heterocycles. The van der Waals surface area contributed by atoms with Gasteiger partial charge >= 0.3 is 11.9 Å². The summed E-state index contributed by atoms with van der Waals surface area (Å²) in [4.78, 5) is 26.5. The smallest absolute Gasteiger partial charge is 0.330 e. The number of carbonyl (C=O) groups excluding carboxylic acids is 2. The van der Waals surface area contributed by atoms with Crippen LogP contribution in [0.1, 0.15) is 83.5 Å². The SMILES string of the molecule is COC1CC(C=CC(=O)OC2C(OC3C(OC4CC5C(OC6OC(CO)C(O)C(O)C6O)CC(O)CC5OC4C4CCC(O)C(O)C4)OC(COC(=O)C=CC4CCC(O)CC4)C(O)C3O)OCC(O)C2O)CCC1O. The normalized spacial score (nSPS) is 48.6. The van der Waals surface area contributed by atoms with Crippen molar-refractivity contribution in [2.75, 3.05) is 26.9 Å². The Morgan fingerprint density at radius 2 is 1.20 bits per heavy atom. The van der Waals surface area contributed by atoms with Crippen LogP contribution in [0, 0.1) is 23.7 Å². The highest BCUT2D eigenvalue weighted by atomic mass is 16.8. The molecule has 4 aliphatic carbocycles. The van der Waals surface area contributed by atoms with E-state index in [0.717, 1.165) is 6.08 Å². The van der Waals surface area contributed by atoms with Crippen LogP contribution in [0.5, 0.6) is 0 Å². The van der Waals surface area contributed by atoms with Gasteiger partial charge in [-0.3, -0.25) is 0 Å². The molecule has 13 N–H and O–H groups in total. The Morgan fingerprint density at radius 3 is 1.92 bits per heavy atom. The fourth-order valence-electron chi connectivity index (χ4n) is 12.2. The lowest BCUT2D eigenvalue weighted by Gasteiger charge is -2.53. The maximum absolute atomic E-state index is 13.4. The largest absolute Gasteiger partial charge is 0.460 e. The predicted molar refractivity (Wildman–Crippen MR) is 253 cm³/mol. The quantitative estimate of drug-likeness (QED) is 0.0521. The third-order valence-electron chi connectivity index (χ3n) is 16.8. The van der Waals surface area contributed by atoms with Gasteiger partial charge in [-0.1, -0.05) is 12.2 Å². The number of rotatable bonds is 16. The van der Waals surface area contributed by atoms with E-state index in [9.17, 15) is 76.0 Å². The lowest BCUT2D eigenvalue weighted by Crippen LogP contribution is -2.65. The average molecular weight is 1090 g/mol. The second-order valence-corrected chi connectivity index (χ2v) is 22.0. The van der Waals surface area contributed by atoms with Crippen molar-refractivity contribution in [1.29, 1.82) is 0 Å². The number of methoxy groups -OCH3 is 1. The zero-order valence-electron chi connectivity index (χ0n) is 42.5. The van der Waals surface area contributed by atoms with Gasteiger partial charge in [-0.15, -0.1) is 0 Å². The van der Waals surface area contributed by atoms with E-state index >= 15 is 0 Å². The van der Waals surface area contributed by atoms with Crippen LogP contribution in [0.3, 0.4) is 0 Å². The molecule has 25 heteroatoms. The van der Waals surface area contributed by atoms with Gasteiger partial charge in [0.25, 0.3) is 0 Å². The molecule has 0 aromatic carbocycles. The molecule has 4 saturated carbocycles. The molecule has 76 heavy (non-hydrogen) atoms. The molecule has 26 atom stereocenters. The number of aliphatic hydroxyl groups is 13. The summed E-state index contributed by atoms with van der Waals surface area (Å²) in [5.41, 5.74) is 0. The van der Waals surface area contributed by atoms with Gasteiger partial charge in [-0.2, -0.15) is 0 Å². The third kappa shape index (κ3) is 14.4. The summed E-state index contributed by atoms with van der Waals surface area (Å²) in [5.74, 6) is -3.10. The molecule has 434 valence electrons. The van der Waals surface area contributed by atoms with Crippen LogP contribution in [-0.2, 0) is 57.0 Å². The van der Waals surface area contributed by atoms with Gasteiger partial charge < -0.3 is 114 Å². The predicted octanol–water partition coefficient (Wildman–Crippen LogP) is -3.79. The summed E-state index contributed by atoms with van der Waals surface area (Å²) in [7, 11) is 1.47. The van der Waals surface area contributed by atoms with E-state index in [1.807, 2.05) is 0 Å². The first-order valence-corrected chi connectivity index (χ1v) is 26.9. The van der Waals surface area contributed by atoms with Gasteiger partial charge in [0.15, 0.2) is 25.0 Å². The van der Waals surface area contributed by atoms with Gasteiger partial charge in [-0.05, 0) is 94.8 Å². The van der Waals surface area contributed by atoms with Crippen LogP contribution in [-0.4, -0.2) is 252 Å². The lowest BCUT2D eigenvalue weighted by molar-refractivity contribution is -0.373. The molecule has 0 spiro atoms. The Hall–Kier alpha value is -2.42. The van der Waals surface area contributed by atoms with Crippen LogP contribution in [0.2, 0.25) is 0 Å². The molecular weight excluding hydrogens is 1010 g/mol. The van der Waals surface area contributed by atoms with Crippen molar-refractivity contribution in [3.63, 3.8) is 0 Å². The molecule has 8 fully saturated rings. The summed E-state index contributed by atoms with van der Waals surface area (Å²) < 4.78 is 60.6. The summed E-state index contributed by atoms with van der Waals surface area (Å²) in [6.07, 6.45) is -22.3. The van der Waals surface area contributed by atoms with Crippen LogP contribution in [0.4, 0.5) is 0 Å². The van der Waals surface area contributed by atoms with Gasteiger partial charge in [0.2, 0.25) is 0 Å². The fraction of sp³-hybridized carbons (Fsp3) is 0.882. The molecule has 8 aliphatic rings. The van der Waals surface area contributed by atoms with E-state index in [1.54, 1.807) is 12.2 Å². The summed E-state index contributed by atoms with van der Waals surface area (Å²) >= 11 is 0. The topological polar surface area (TPSA) is 389 Å². The van der Waals surface area contributed by atoms with E-state index in [-0.39, 0.29) is 43.9 Å². The van der Waals surface area contributed by atoms with E-state index in [0.29, 0.717) is 51.4 Å². The number of hydrogen-bond donors (Lipinski definition) is 13. The van der Waals surface area contributed by atoms with Crippen molar-refractivity contribution in [2.45, 2.75) is 231 Å². The highest BCUT2D eigenvalue weighted by Gasteiger charge is 2.56. The maximum atomic E-state index is 13.4. The monoisotopic (exact) mass is 1090 g/mol. The van der Waals surface area contributed by atoms with Gasteiger partial charge in [0, 0.05) is 31.6 Å². The standard InChI is InChI=1S/C51H80O25/c1-67-34-14-23(4-10-29(34)56)6-13-39(60)75-47-40(61)31(58)20-69-50(47)76-48-44(65)42(63)37(21-68-38(59)12-5-22-2-8-25(53)9-3-22)74-51(48)72-35-18-27-32(70-46(35)24-7-11-28(55)30(57)15-24)16-26(54)17-33(27)71-49-45(66)43(64)41(62)36(19-52)73-49/h5-6,12-13,22-37,40-58,61-66H,2-4,7-11,14-21H2,1H3. The Bertz CT molecular complexity index is 1900. The Balaban J connectivity index is 1.06. The molecule has 8 rings (SSSR count). The van der Waals surface area contributed by atoms with Crippen molar-refractivity contribution >= 4 is 11.9 Å². The molecule has 0 bridgehead atoms. The second kappa shape index (κ2) is 26.9. The van der Waals surface area contributed by atoms with E-state index in [1.165, 1.54) is 13.2 Å². The minimum atomic E-state index is -1.96. The highest BCUT2D eigenvalue weighted by Crippen LogP contribution is 2.45. The van der Waals surface area contributed by atoms with E-state index in [2.05, 4.69) is 0 Å². The first-order chi connectivity index (χ1) is 36.3. The van der Waals surface area contributed by atoms with Crippen molar-refractivity contribution < 1.29 is 123 Å². The molecule has 26 unspecified atom stereocenters. The molecule has 0 aromatic rings. The molecule has 0 aromatic heterocycles. The average Bonchev–Trinajstić information content (AvgIpc) is 3.41. The summed E-state index contributed by atoms with van der Waals surface area (Å²) in [6, 6.07) is 0. The number of allylic oxidation sites excluding steroid dienone is 2. The molecule has 4 saturated heterocycles. The van der Waals surface area contributed by atoms with Crippen molar-refractivity contribution in [3.05, 3.63) is 24.3 Å². The molecular formula is C51H80O25. The zero-order chi connectivity index (χ0) is 54.5. The zero-order valence-corrected chi connectivity index (χ0v) is 42.5. The minimum absolute atomic E-state index is 0.00958. The first kappa shape index (κ1) is 59.7. The number of hydrogen-bond acceptors (Lipinski definition) is 25. The number of carbonyl (C=O) groups is 2. The second-order valence-electron chi connectivity index (χ2n) is 22.0. The summed E-state index contributed by atoms with van der Waals surface area (Å²) in [6.45, 7) is -1.88. The Kier molecular flexibility index (Phi) is 21.1. The number of aliphatic hydroxyl groups excluding tert-OH is 13. The number of ether oxygens (including phenoxy) is 10. The van der Waals surface area contributed by atoms with Gasteiger partial charge in [0.05, 0.1) is 74.3 Å². The van der Waals surface area contributed by atoms with Gasteiger partial charge in [0.1, 0.15) is 67.6 Å². The highest BCUT2D eigenvalue weighted by molar-refractivity contribution is 5.82. The van der Waals surface area contributed by atoms with E-state index < -0.39 is 191 Å². The maximum Gasteiger partial charge on any atom is 0.330 e. The van der Waals surface area contributed by atoms with E-state index in [4.69, 9.17) is 47.4 Å². The minimum Gasteiger partial charge on any atom is -0.460 e.